The van der Waals surface area contributed by atoms with Gasteiger partial charge in [0, 0.05) is 64.3 Å². The van der Waals surface area contributed by atoms with Crippen LogP contribution in [0.2, 0.25) is 10.0 Å². The number of benzene rings is 1. The molecule has 7 nitrogen and oxygen atoms in total. The summed E-state index contributed by atoms with van der Waals surface area (Å²) in [5.74, 6) is 1.94. The van der Waals surface area contributed by atoms with Crippen LogP contribution in [0.5, 0.6) is 5.75 Å². The van der Waals surface area contributed by atoms with Crippen molar-refractivity contribution in [1.29, 1.82) is 0 Å². The Labute approximate surface area is 220 Å². The first kappa shape index (κ1) is 24.8. The van der Waals surface area contributed by atoms with Crippen molar-refractivity contribution >= 4 is 34.7 Å². The first-order valence-electron chi connectivity index (χ1n) is 12.1. The molecule has 4 heterocycles. The third-order valence-electron chi connectivity index (χ3n) is 6.22. The Morgan fingerprint density at radius 1 is 1.06 bits per heavy atom. The molecular weight excluding hydrogens is 497 g/mol. The number of hydrogen-bond donors (Lipinski definition) is 1. The van der Waals surface area contributed by atoms with Gasteiger partial charge in [0.15, 0.2) is 11.4 Å². The van der Waals surface area contributed by atoms with Crippen LogP contribution in [0.15, 0.2) is 48.9 Å². The molecule has 0 unspecified atom stereocenters. The van der Waals surface area contributed by atoms with E-state index in [4.69, 9.17) is 48.4 Å². The number of morpholine rings is 1. The minimum atomic E-state index is 0.274. The van der Waals surface area contributed by atoms with Crippen LogP contribution in [0.1, 0.15) is 19.4 Å². The normalized spacial score (nSPS) is 14.1. The van der Waals surface area contributed by atoms with Gasteiger partial charge in [-0.2, -0.15) is 0 Å². The van der Waals surface area contributed by atoms with Gasteiger partial charge in [0.05, 0.1) is 31.7 Å². The van der Waals surface area contributed by atoms with E-state index in [2.05, 4.69) is 24.8 Å². The predicted molar refractivity (Wildman–Crippen MR) is 145 cm³/mol. The predicted octanol–water partition coefficient (Wildman–Crippen LogP) is 5.70. The lowest BCUT2D eigenvalue weighted by molar-refractivity contribution is 0.122. The molecule has 1 aromatic carbocycles. The highest BCUT2D eigenvalue weighted by Gasteiger charge is 2.21. The van der Waals surface area contributed by atoms with Gasteiger partial charge in [-0.3, -0.25) is 4.40 Å². The van der Waals surface area contributed by atoms with Crippen molar-refractivity contribution in [1.82, 2.24) is 14.4 Å². The molecular formula is C27H29Cl2N5O2. The van der Waals surface area contributed by atoms with Gasteiger partial charge in [-0.1, -0.05) is 43.1 Å². The number of aromatic nitrogens is 3. The quantitative estimate of drug-likeness (QED) is 0.333. The largest absolute Gasteiger partial charge is 0.489 e. The van der Waals surface area contributed by atoms with Crippen molar-refractivity contribution in [3.8, 4) is 28.1 Å². The van der Waals surface area contributed by atoms with E-state index >= 15 is 0 Å². The average molecular weight is 526 g/mol. The fraction of sp³-hybridized carbons (Fsp3) is 0.333. The van der Waals surface area contributed by atoms with Crippen molar-refractivity contribution in [3.05, 3.63) is 64.5 Å². The third-order valence-corrected chi connectivity index (χ3v) is 6.77. The maximum Gasteiger partial charge on any atom is 0.180 e. The lowest BCUT2D eigenvalue weighted by Crippen LogP contribution is -2.36. The van der Waals surface area contributed by atoms with Crippen LogP contribution in [0.3, 0.4) is 0 Å². The Morgan fingerprint density at radius 3 is 2.53 bits per heavy atom. The Morgan fingerprint density at radius 2 is 1.86 bits per heavy atom. The summed E-state index contributed by atoms with van der Waals surface area (Å²) in [6.07, 6.45) is 5.75. The average Bonchev–Trinajstić information content (AvgIpc) is 3.31. The van der Waals surface area contributed by atoms with E-state index in [-0.39, 0.29) is 6.54 Å². The number of ether oxygens (including phenoxy) is 2. The van der Waals surface area contributed by atoms with Crippen LogP contribution in [0.4, 0.5) is 5.82 Å². The summed E-state index contributed by atoms with van der Waals surface area (Å²) >= 11 is 12.8. The molecule has 0 spiro atoms. The Kier molecular flexibility index (Phi) is 7.34. The number of nitrogens with zero attached hydrogens (tertiary/aromatic N) is 4. The number of fused-ring (bicyclic) bond motifs is 1. The van der Waals surface area contributed by atoms with Crippen LogP contribution in [-0.4, -0.2) is 47.3 Å². The SMILES string of the molecule is CC(C)COc1c(CN)c(-c2ccc(Cl)cc2Cl)cn2c(-c3ccc(N4CCOCC4)nc3)cnc12. The number of halogens is 2. The van der Waals surface area contributed by atoms with Crippen molar-refractivity contribution in [2.75, 3.05) is 37.8 Å². The van der Waals surface area contributed by atoms with E-state index < -0.39 is 0 Å². The van der Waals surface area contributed by atoms with E-state index in [1.165, 1.54) is 0 Å². The maximum absolute atomic E-state index is 6.63. The minimum Gasteiger partial charge on any atom is -0.489 e. The van der Waals surface area contributed by atoms with Gasteiger partial charge in [0.25, 0.3) is 0 Å². The molecule has 0 saturated carbocycles. The van der Waals surface area contributed by atoms with E-state index in [0.29, 0.717) is 34.0 Å². The smallest absolute Gasteiger partial charge is 0.180 e. The second-order valence-corrected chi connectivity index (χ2v) is 10.1. The molecule has 1 fully saturated rings. The Balaban J connectivity index is 1.65. The summed E-state index contributed by atoms with van der Waals surface area (Å²) in [5.41, 5.74) is 11.4. The van der Waals surface area contributed by atoms with Crippen molar-refractivity contribution < 1.29 is 9.47 Å². The molecule has 0 atom stereocenters. The molecule has 9 heteroatoms. The van der Waals surface area contributed by atoms with Crippen LogP contribution in [-0.2, 0) is 11.3 Å². The molecule has 4 aromatic rings. The van der Waals surface area contributed by atoms with Crippen LogP contribution in [0.25, 0.3) is 28.0 Å². The van der Waals surface area contributed by atoms with Gasteiger partial charge >= 0.3 is 0 Å². The number of pyridine rings is 2. The molecule has 0 aliphatic carbocycles. The molecule has 0 amide bonds. The molecule has 2 N–H and O–H groups in total. The molecule has 5 rings (SSSR count). The fourth-order valence-corrected chi connectivity index (χ4v) is 4.91. The number of anilines is 1. The zero-order valence-electron chi connectivity index (χ0n) is 20.4. The van der Waals surface area contributed by atoms with Crippen molar-refractivity contribution in [2.24, 2.45) is 11.7 Å². The lowest BCUT2D eigenvalue weighted by Gasteiger charge is -2.27. The fourth-order valence-electron chi connectivity index (χ4n) is 4.40. The van der Waals surface area contributed by atoms with Crippen LogP contribution in [0, 0.1) is 5.92 Å². The van der Waals surface area contributed by atoms with Gasteiger partial charge in [0.1, 0.15) is 5.82 Å². The van der Waals surface area contributed by atoms with Crippen LogP contribution < -0.4 is 15.4 Å². The standard InChI is InChI=1S/C27H29Cl2N5O2/c1-17(2)16-36-26-21(12-30)22(20-5-4-19(28)11-23(20)29)15-34-24(14-32-27(26)34)18-3-6-25(31-13-18)33-7-9-35-10-8-33/h3-6,11,13-15,17H,7-10,12,16,30H2,1-2H3. The Bertz CT molecular complexity index is 1370. The molecule has 0 radical (unpaired) electrons. The number of hydrogen-bond acceptors (Lipinski definition) is 6. The topological polar surface area (TPSA) is 77.9 Å². The molecule has 188 valence electrons. The maximum atomic E-state index is 6.63. The number of imidazole rings is 1. The first-order valence-corrected chi connectivity index (χ1v) is 12.8. The van der Waals surface area contributed by atoms with Crippen LogP contribution >= 0.6 is 23.2 Å². The monoisotopic (exact) mass is 525 g/mol. The van der Waals surface area contributed by atoms with E-state index in [1.54, 1.807) is 6.07 Å². The molecule has 0 bridgehead atoms. The van der Waals surface area contributed by atoms with Gasteiger partial charge in [0.2, 0.25) is 0 Å². The van der Waals surface area contributed by atoms with Gasteiger partial charge < -0.3 is 20.1 Å². The van der Waals surface area contributed by atoms with Crippen molar-refractivity contribution in [3.63, 3.8) is 0 Å². The zero-order chi connectivity index (χ0) is 25.2. The van der Waals surface area contributed by atoms with E-state index in [0.717, 1.165) is 60.1 Å². The molecule has 36 heavy (non-hydrogen) atoms. The summed E-state index contributed by atoms with van der Waals surface area (Å²) in [7, 11) is 0. The van der Waals surface area contributed by atoms with E-state index in [9.17, 15) is 0 Å². The van der Waals surface area contributed by atoms with Gasteiger partial charge in [-0.25, -0.2) is 9.97 Å². The first-order chi connectivity index (χ1) is 17.5. The highest BCUT2D eigenvalue weighted by molar-refractivity contribution is 6.36. The second-order valence-electron chi connectivity index (χ2n) is 9.23. The van der Waals surface area contributed by atoms with Gasteiger partial charge in [-0.05, 0) is 30.2 Å². The lowest BCUT2D eigenvalue weighted by atomic mass is 10.0. The summed E-state index contributed by atoms with van der Waals surface area (Å²) in [5, 5.41) is 1.12. The van der Waals surface area contributed by atoms with E-state index in [1.807, 2.05) is 41.2 Å². The molecule has 1 aliphatic heterocycles. The zero-order valence-corrected chi connectivity index (χ0v) is 21.9. The summed E-state index contributed by atoms with van der Waals surface area (Å²) in [6.45, 7) is 8.15. The van der Waals surface area contributed by atoms with Gasteiger partial charge in [-0.15, -0.1) is 0 Å². The summed E-state index contributed by atoms with van der Waals surface area (Å²) in [6, 6.07) is 9.58. The summed E-state index contributed by atoms with van der Waals surface area (Å²) < 4.78 is 13.8. The minimum absolute atomic E-state index is 0.274. The number of rotatable bonds is 7. The van der Waals surface area contributed by atoms with Crippen molar-refractivity contribution in [2.45, 2.75) is 20.4 Å². The molecule has 1 saturated heterocycles. The molecule has 1 aliphatic rings. The Hall–Kier alpha value is -2.84. The highest BCUT2D eigenvalue weighted by Crippen LogP contribution is 2.39. The summed E-state index contributed by atoms with van der Waals surface area (Å²) in [4.78, 5) is 11.7. The molecule has 3 aromatic heterocycles. The highest BCUT2D eigenvalue weighted by atomic mass is 35.5. The number of nitrogens with two attached hydrogens (primary N) is 1. The second kappa shape index (κ2) is 10.6. The third kappa shape index (κ3) is 4.89.